The van der Waals surface area contributed by atoms with Crippen LogP contribution in [-0.2, 0) is 4.74 Å². The highest BCUT2D eigenvalue weighted by molar-refractivity contribution is 7.71. The third kappa shape index (κ3) is 1.56. The number of methoxy groups -OCH3 is 1. The standard InChI is InChI=1S/C15H18N2O2S/c1-6-9(15(18)19-2)14(20)17-13(16-6)12-10-7-3-4-8(5-7)11(10)12/h7-8,10-12H,3-5H2,1-2H3,(H,16,17,20). The molecule has 0 radical (unpaired) electrons. The van der Waals surface area contributed by atoms with Gasteiger partial charge in [-0.05, 0) is 49.9 Å². The number of hydrogen-bond acceptors (Lipinski definition) is 4. The predicted octanol–water partition coefficient (Wildman–Crippen LogP) is 2.99. The number of H-pyrrole nitrogens is 1. The van der Waals surface area contributed by atoms with E-state index in [0.29, 0.717) is 16.1 Å². The number of aromatic amines is 1. The molecule has 3 aliphatic rings. The molecule has 0 aliphatic heterocycles. The molecule has 0 aromatic carbocycles. The fourth-order valence-corrected chi connectivity index (χ4v) is 5.13. The van der Waals surface area contributed by atoms with Crippen molar-refractivity contribution in [2.75, 3.05) is 7.11 Å². The molecule has 0 amide bonds. The summed E-state index contributed by atoms with van der Waals surface area (Å²) in [4.78, 5) is 19.5. The first kappa shape index (κ1) is 12.5. The fourth-order valence-electron chi connectivity index (χ4n) is 4.80. The Kier molecular flexibility index (Phi) is 2.58. The highest BCUT2D eigenvalue weighted by Crippen LogP contribution is 2.72. The Labute approximate surface area is 123 Å². The SMILES string of the molecule is COC(=O)c1c(C)[nH]c(C2C3C4CCC(C4)C23)nc1=S. The first-order valence-corrected chi connectivity index (χ1v) is 7.71. The number of aryl methyl sites for hydroxylation is 1. The van der Waals surface area contributed by atoms with Gasteiger partial charge in [-0.2, -0.15) is 0 Å². The zero-order chi connectivity index (χ0) is 14.0. The molecule has 0 spiro atoms. The van der Waals surface area contributed by atoms with Crippen LogP contribution in [-0.4, -0.2) is 23.0 Å². The van der Waals surface area contributed by atoms with Crippen LogP contribution in [0.15, 0.2) is 0 Å². The van der Waals surface area contributed by atoms with Crippen molar-refractivity contribution in [1.29, 1.82) is 0 Å². The zero-order valence-corrected chi connectivity index (χ0v) is 12.5. The summed E-state index contributed by atoms with van der Waals surface area (Å²) in [7, 11) is 1.37. The summed E-state index contributed by atoms with van der Waals surface area (Å²) >= 11 is 5.29. The van der Waals surface area contributed by atoms with Gasteiger partial charge in [0, 0.05) is 11.6 Å². The second-order valence-electron chi connectivity index (χ2n) is 6.43. The summed E-state index contributed by atoms with van der Waals surface area (Å²) < 4.78 is 5.14. The lowest BCUT2D eigenvalue weighted by atomic mass is 10.0. The molecule has 3 saturated carbocycles. The normalized spacial score (nSPS) is 36.8. The minimum Gasteiger partial charge on any atom is -0.465 e. The van der Waals surface area contributed by atoms with Gasteiger partial charge in [0.15, 0.2) is 0 Å². The van der Waals surface area contributed by atoms with E-state index < -0.39 is 5.97 Å². The Morgan fingerprint density at radius 3 is 2.55 bits per heavy atom. The van der Waals surface area contributed by atoms with Crippen molar-refractivity contribution in [3.63, 3.8) is 0 Å². The van der Waals surface area contributed by atoms with Gasteiger partial charge in [0.1, 0.15) is 16.0 Å². The average Bonchev–Trinajstić information content (AvgIpc) is 2.86. The molecule has 5 heteroatoms. The summed E-state index contributed by atoms with van der Waals surface area (Å²) in [6, 6.07) is 0. The van der Waals surface area contributed by atoms with E-state index in [-0.39, 0.29) is 0 Å². The second-order valence-corrected chi connectivity index (χ2v) is 6.82. The maximum atomic E-state index is 11.7. The van der Waals surface area contributed by atoms with Crippen LogP contribution in [0.5, 0.6) is 0 Å². The molecule has 20 heavy (non-hydrogen) atoms. The lowest BCUT2D eigenvalue weighted by Gasteiger charge is -2.11. The number of nitrogens with zero attached hydrogens (tertiary/aromatic N) is 1. The van der Waals surface area contributed by atoms with Crippen LogP contribution in [0.3, 0.4) is 0 Å². The summed E-state index contributed by atoms with van der Waals surface area (Å²) in [5.74, 6) is 4.57. The number of carbonyl (C=O) groups excluding carboxylic acids is 1. The van der Waals surface area contributed by atoms with E-state index in [1.165, 1.54) is 26.4 Å². The van der Waals surface area contributed by atoms with E-state index in [0.717, 1.165) is 35.2 Å². The van der Waals surface area contributed by atoms with Crippen molar-refractivity contribution in [2.45, 2.75) is 32.1 Å². The molecular formula is C15H18N2O2S. The number of esters is 1. The molecular weight excluding hydrogens is 272 g/mol. The number of rotatable bonds is 2. The van der Waals surface area contributed by atoms with Crippen LogP contribution in [0.1, 0.15) is 47.1 Å². The van der Waals surface area contributed by atoms with Crippen LogP contribution >= 0.6 is 12.2 Å². The third-order valence-electron chi connectivity index (χ3n) is 5.57. The van der Waals surface area contributed by atoms with E-state index in [4.69, 9.17) is 17.0 Å². The number of fused-ring (bicyclic) bond motifs is 5. The number of nitrogens with one attached hydrogen (secondary N) is 1. The Morgan fingerprint density at radius 2 is 2.00 bits per heavy atom. The maximum Gasteiger partial charge on any atom is 0.342 e. The topological polar surface area (TPSA) is 55.0 Å². The monoisotopic (exact) mass is 290 g/mol. The first-order valence-electron chi connectivity index (χ1n) is 7.31. The molecule has 4 unspecified atom stereocenters. The molecule has 3 fully saturated rings. The van der Waals surface area contributed by atoms with E-state index >= 15 is 0 Å². The Balaban J connectivity index is 1.69. The molecule has 4 nitrogen and oxygen atoms in total. The van der Waals surface area contributed by atoms with Crippen molar-refractivity contribution >= 4 is 18.2 Å². The van der Waals surface area contributed by atoms with Gasteiger partial charge in [0.05, 0.1) is 7.11 Å². The van der Waals surface area contributed by atoms with Gasteiger partial charge in [-0.1, -0.05) is 12.2 Å². The summed E-state index contributed by atoms with van der Waals surface area (Å²) in [6.07, 6.45) is 4.20. The van der Waals surface area contributed by atoms with E-state index in [9.17, 15) is 4.79 Å². The van der Waals surface area contributed by atoms with Gasteiger partial charge >= 0.3 is 5.97 Å². The number of aromatic nitrogens is 2. The highest BCUT2D eigenvalue weighted by Gasteiger charge is 2.66. The quantitative estimate of drug-likeness (QED) is 0.672. The smallest absolute Gasteiger partial charge is 0.342 e. The first-order chi connectivity index (χ1) is 9.61. The highest BCUT2D eigenvalue weighted by atomic mass is 32.1. The fraction of sp³-hybridized carbons (Fsp3) is 0.667. The van der Waals surface area contributed by atoms with Crippen LogP contribution in [0.4, 0.5) is 0 Å². The minimum absolute atomic E-state index is 0.375. The third-order valence-corrected chi connectivity index (χ3v) is 5.86. The lowest BCUT2D eigenvalue weighted by Crippen LogP contribution is -2.11. The molecule has 1 aromatic rings. The Morgan fingerprint density at radius 1 is 1.35 bits per heavy atom. The number of ether oxygens (including phenoxy) is 1. The van der Waals surface area contributed by atoms with Gasteiger partial charge < -0.3 is 9.72 Å². The van der Waals surface area contributed by atoms with Crippen molar-refractivity contribution in [3.05, 3.63) is 21.7 Å². The molecule has 4 rings (SSSR count). The zero-order valence-electron chi connectivity index (χ0n) is 11.7. The molecule has 3 aliphatic carbocycles. The van der Waals surface area contributed by atoms with Gasteiger partial charge in [0.2, 0.25) is 0 Å². The van der Waals surface area contributed by atoms with Crippen molar-refractivity contribution in [1.82, 2.24) is 9.97 Å². The lowest BCUT2D eigenvalue weighted by molar-refractivity contribution is 0.0598. The van der Waals surface area contributed by atoms with Crippen LogP contribution in [0, 0.1) is 35.2 Å². The van der Waals surface area contributed by atoms with Crippen LogP contribution in [0.25, 0.3) is 0 Å². The van der Waals surface area contributed by atoms with Crippen molar-refractivity contribution in [3.8, 4) is 0 Å². The van der Waals surface area contributed by atoms with E-state index in [1.807, 2.05) is 6.92 Å². The largest absolute Gasteiger partial charge is 0.465 e. The molecule has 1 heterocycles. The van der Waals surface area contributed by atoms with Crippen molar-refractivity contribution < 1.29 is 9.53 Å². The molecule has 0 saturated heterocycles. The Hall–Kier alpha value is -1.23. The van der Waals surface area contributed by atoms with E-state index in [1.54, 1.807) is 0 Å². The molecule has 106 valence electrons. The average molecular weight is 290 g/mol. The minimum atomic E-state index is -0.404. The van der Waals surface area contributed by atoms with Gasteiger partial charge in [0.25, 0.3) is 0 Å². The summed E-state index contributed by atoms with van der Waals surface area (Å²) in [6.45, 7) is 1.88. The molecule has 2 bridgehead atoms. The summed E-state index contributed by atoms with van der Waals surface area (Å²) in [5.41, 5.74) is 1.18. The number of hydrogen-bond donors (Lipinski definition) is 1. The number of carbonyl (C=O) groups is 1. The van der Waals surface area contributed by atoms with Crippen molar-refractivity contribution in [2.24, 2.45) is 23.7 Å². The second kappa shape index (κ2) is 4.13. The maximum absolute atomic E-state index is 11.7. The molecule has 1 N–H and O–H groups in total. The van der Waals surface area contributed by atoms with Crippen LogP contribution < -0.4 is 0 Å². The van der Waals surface area contributed by atoms with E-state index in [2.05, 4.69) is 9.97 Å². The summed E-state index contributed by atoms with van der Waals surface area (Å²) in [5, 5.41) is 0. The van der Waals surface area contributed by atoms with Gasteiger partial charge in [-0.15, -0.1) is 0 Å². The van der Waals surface area contributed by atoms with Crippen LogP contribution in [0.2, 0.25) is 0 Å². The molecule has 1 aromatic heterocycles. The van der Waals surface area contributed by atoms with Gasteiger partial charge in [-0.25, -0.2) is 9.78 Å². The Bertz CT molecular complexity index is 638. The van der Waals surface area contributed by atoms with Gasteiger partial charge in [-0.3, -0.25) is 0 Å². The predicted molar refractivity (Wildman–Crippen MR) is 76.1 cm³/mol. The molecule has 4 atom stereocenters.